The van der Waals surface area contributed by atoms with Crippen molar-refractivity contribution in [2.45, 2.75) is 18.3 Å². The summed E-state index contributed by atoms with van der Waals surface area (Å²) in [7, 11) is 0. The van der Waals surface area contributed by atoms with E-state index in [1.54, 1.807) is 22.2 Å². The minimum Gasteiger partial charge on any atom is -0.381 e. The molecule has 1 N–H and O–H groups in total. The van der Waals surface area contributed by atoms with Crippen molar-refractivity contribution >= 4 is 17.2 Å². The average Bonchev–Trinajstić information content (AvgIpc) is 3.54. The van der Waals surface area contributed by atoms with E-state index in [4.69, 9.17) is 9.84 Å². The van der Waals surface area contributed by atoms with E-state index < -0.39 is 0 Å². The van der Waals surface area contributed by atoms with Gasteiger partial charge in [-0.2, -0.15) is 5.10 Å². The largest absolute Gasteiger partial charge is 0.381 e. The van der Waals surface area contributed by atoms with E-state index in [0.717, 1.165) is 29.0 Å². The van der Waals surface area contributed by atoms with Crippen LogP contribution in [0.5, 0.6) is 0 Å². The van der Waals surface area contributed by atoms with Gasteiger partial charge in [0.05, 0.1) is 16.1 Å². The SMILES string of the molecule is O=C(NCC1(c2ccc(F)cc2)CCOCC1)c1cn(-c2ccccc2)nc1-c1cccs1. The van der Waals surface area contributed by atoms with E-state index in [-0.39, 0.29) is 17.1 Å². The zero-order chi connectivity index (χ0) is 22.7. The second-order valence-electron chi connectivity index (χ2n) is 8.23. The average molecular weight is 462 g/mol. The van der Waals surface area contributed by atoms with Crippen molar-refractivity contribution in [1.29, 1.82) is 0 Å². The minimum absolute atomic E-state index is 0.173. The molecule has 3 heterocycles. The van der Waals surface area contributed by atoms with Gasteiger partial charge in [0.1, 0.15) is 11.5 Å². The fraction of sp³-hybridized carbons (Fsp3) is 0.231. The number of benzene rings is 2. The molecule has 2 aromatic carbocycles. The number of halogens is 1. The fourth-order valence-electron chi connectivity index (χ4n) is 4.33. The number of carbonyl (C=O) groups excluding carboxylic acids is 1. The Balaban J connectivity index is 1.44. The first-order valence-electron chi connectivity index (χ1n) is 11.0. The third kappa shape index (κ3) is 4.47. The van der Waals surface area contributed by atoms with Gasteiger partial charge in [0, 0.05) is 31.4 Å². The van der Waals surface area contributed by atoms with Crippen LogP contribution in [0.4, 0.5) is 4.39 Å². The first kappa shape index (κ1) is 21.6. The highest BCUT2D eigenvalue weighted by molar-refractivity contribution is 7.13. The molecule has 1 aliphatic rings. The Morgan fingerprint density at radius 1 is 1.06 bits per heavy atom. The van der Waals surface area contributed by atoms with Crippen LogP contribution in [0.15, 0.2) is 78.3 Å². The lowest BCUT2D eigenvalue weighted by atomic mass is 9.74. The lowest BCUT2D eigenvalue weighted by Crippen LogP contribution is -2.44. The Morgan fingerprint density at radius 2 is 1.82 bits per heavy atom. The first-order valence-corrected chi connectivity index (χ1v) is 11.8. The van der Waals surface area contributed by atoms with Gasteiger partial charge in [0.2, 0.25) is 0 Å². The lowest BCUT2D eigenvalue weighted by Gasteiger charge is -2.38. The molecule has 0 spiro atoms. The maximum atomic E-state index is 13.5. The molecule has 0 radical (unpaired) electrons. The molecule has 33 heavy (non-hydrogen) atoms. The molecule has 0 bridgehead atoms. The number of hydrogen-bond acceptors (Lipinski definition) is 4. The number of nitrogens with one attached hydrogen (secondary N) is 1. The predicted octanol–water partition coefficient (Wildman–Crippen LogP) is 5.22. The molecule has 1 fully saturated rings. The third-order valence-electron chi connectivity index (χ3n) is 6.23. The highest BCUT2D eigenvalue weighted by Crippen LogP contribution is 2.35. The molecular weight excluding hydrogens is 437 g/mol. The van der Waals surface area contributed by atoms with Crippen LogP contribution in [-0.4, -0.2) is 35.4 Å². The molecule has 0 aliphatic carbocycles. The summed E-state index contributed by atoms with van der Waals surface area (Å²) < 4.78 is 20.9. The Bertz CT molecular complexity index is 1210. The van der Waals surface area contributed by atoms with E-state index in [0.29, 0.717) is 31.0 Å². The summed E-state index contributed by atoms with van der Waals surface area (Å²) in [5, 5.41) is 9.86. The molecule has 1 amide bonds. The maximum absolute atomic E-state index is 13.5. The molecule has 0 atom stereocenters. The second-order valence-corrected chi connectivity index (χ2v) is 9.18. The van der Waals surface area contributed by atoms with Crippen LogP contribution in [0.25, 0.3) is 16.3 Å². The van der Waals surface area contributed by atoms with Crippen molar-refractivity contribution in [3.05, 3.63) is 95.3 Å². The summed E-state index contributed by atoms with van der Waals surface area (Å²) in [5.41, 5.74) is 2.81. The number of carbonyl (C=O) groups is 1. The van der Waals surface area contributed by atoms with E-state index in [2.05, 4.69) is 5.32 Å². The Hall–Kier alpha value is -3.29. The Morgan fingerprint density at radius 3 is 2.52 bits per heavy atom. The van der Waals surface area contributed by atoms with Crippen LogP contribution in [-0.2, 0) is 10.2 Å². The van der Waals surface area contributed by atoms with Gasteiger partial charge in [0.15, 0.2) is 0 Å². The molecule has 168 valence electrons. The molecule has 1 aliphatic heterocycles. The topological polar surface area (TPSA) is 56.1 Å². The molecule has 0 saturated carbocycles. The number of ether oxygens (including phenoxy) is 1. The van der Waals surface area contributed by atoms with Crippen molar-refractivity contribution in [3.8, 4) is 16.3 Å². The molecule has 4 aromatic rings. The van der Waals surface area contributed by atoms with E-state index >= 15 is 0 Å². The second kappa shape index (κ2) is 9.29. The van der Waals surface area contributed by atoms with Crippen LogP contribution in [0, 0.1) is 5.82 Å². The van der Waals surface area contributed by atoms with Crippen LogP contribution >= 0.6 is 11.3 Å². The highest BCUT2D eigenvalue weighted by Gasteiger charge is 2.35. The quantitative estimate of drug-likeness (QED) is 0.428. The van der Waals surface area contributed by atoms with Gasteiger partial charge in [-0.1, -0.05) is 36.4 Å². The highest BCUT2D eigenvalue weighted by atomic mass is 32.1. The number of hydrogen-bond donors (Lipinski definition) is 1. The fourth-order valence-corrected chi connectivity index (χ4v) is 5.05. The molecule has 7 heteroatoms. The maximum Gasteiger partial charge on any atom is 0.255 e. The van der Waals surface area contributed by atoms with Gasteiger partial charge in [-0.05, 0) is 54.1 Å². The summed E-state index contributed by atoms with van der Waals surface area (Å²) in [6.07, 6.45) is 3.31. The third-order valence-corrected chi connectivity index (χ3v) is 7.10. The standard InChI is InChI=1S/C26H24FN3O2S/c27-20-10-8-19(9-11-20)26(12-14-32-15-13-26)18-28-25(31)22-17-30(21-5-2-1-3-6-21)29-24(22)23-7-4-16-33-23/h1-11,16-17H,12-15,18H2,(H,28,31). The summed E-state index contributed by atoms with van der Waals surface area (Å²) in [4.78, 5) is 14.4. The van der Waals surface area contributed by atoms with Crippen molar-refractivity contribution in [2.24, 2.45) is 0 Å². The smallest absolute Gasteiger partial charge is 0.255 e. The Kier molecular flexibility index (Phi) is 6.07. The van der Waals surface area contributed by atoms with E-state index in [1.807, 2.05) is 60.0 Å². The van der Waals surface area contributed by atoms with Crippen LogP contribution in [0.2, 0.25) is 0 Å². The summed E-state index contributed by atoms with van der Waals surface area (Å²) in [6, 6.07) is 20.3. The normalized spacial score (nSPS) is 15.3. The number of para-hydroxylation sites is 1. The Labute approximate surface area is 195 Å². The van der Waals surface area contributed by atoms with Crippen molar-refractivity contribution in [1.82, 2.24) is 15.1 Å². The summed E-state index contributed by atoms with van der Waals surface area (Å²) in [6.45, 7) is 1.67. The van der Waals surface area contributed by atoms with Crippen LogP contribution in [0.3, 0.4) is 0 Å². The minimum atomic E-state index is -0.292. The van der Waals surface area contributed by atoms with Gasteiger partial charge in [-0.25, -0.2) is 9.07 Å². The number of aromatic nitrogens is 2. The zero-order valence-electron chi connectivity index (χ0n) is 18.0. The van der Waals surface area contributed by atoms with Gasteiger partial charge < -0.3 is 10.1 Å². The molecule has 5 nitrogen and oxygen atoms in total. The number of thiophene rings is 1. The van der Waals surface area contributed by atoms with Crippen LogP contribution in [0.1, 0.15) is 28.8 Å². The van der Waals surface area contributed by atoms with Gasteiger partial charge in [-0.3, -0.25) is 4.79 Å². The number of nitrogens with zero attached hydrogens (tertiary/aromatic N) is 2. The molecule has 2 aromatic heterocycles. The van der Waals surface area contributed by atoms with Crippen LogP contribution < -0.4 is 5.32 Å². The molecule has 1 saturated heterocycles. The molecular formula is C26H24FN3O2S. The van der Waals surface area contributed by atoms with Crippen molar-refractivity contribution in [2.75, 3.05) is 19.8 Å². The van der Waals surface area contributed by atoms with Crippen molar-refractivity contribution < 1.29 is 13.9 Å². The summed E-state index contributed by atoms with van der Waals surface area (Å²) >= 11 is 1.55. The van der Waals surface area contributed by atoms with Gasteiger partial charge >= 0.3 is 0 Å². The molecule has 0 unspecified atom stereocenters. The monoisotopic (exact) mass is 461 g/mol. The van der Waals surface area contributed by atoms with Gasteiger partial charge in [0.25, 0.3) is 5.91 Å². The number of rotatable bonds is 6. The summed E-state index contributed by atoms with van der Waals surface area (Å²) in [5.74, 6) is -0.438. The first-order chi connectivity index (χ1) is 16.1. The van der Waals surface area contributed by atoms with E-state index in [1.165, 1.54) is 12.1 Å². The van der Waals surface area contributed by atoms with Crippen molar-refractivity contribution in [3.63, 3.8) is 0 Å². The van der Waals surface area contributed by atoms with Gasteiger partial charge in [-0.15, -0.1) is 11.3 Å². The zero-order valence-corrected chi connectivity index (χ0v) is 18.9. The van der Waals surface area contributed by atoms with E-state index in [9.17, 15) is 9.18 Å². The lowest BCUT2D eigenvalue weighted by molar-refractivity contribution is 0.0487. The number of amides is 1. The molecule has 5 rings (SSSR count). The predicted molar refractivity (Wildman–Crippen MR) is 127 cm³/mol.